The number of fused-ring (bicyclic) bond motifs is 1. The smallest absolute Gasteiger partial charge is 0.262 e. The topological polar surface area (TPSA) is 105 Å². The van der Waals surface area contributed by atoms with E-state index in [2.05, 4.69) is 25.6 Å². The lowest BCUT2D eigenvalue weighted by Crippen LogP contribution is -2.24. The molecule has 0 spiro atoms. The first-order valence-electron chi connectivity index (χ1n) is 8.07. The molecular formula is C17H20N6O2. The van der Waals surface area contributed by atoms with Crippen LogP contribution in [0.25, 0.3) is 10.8 Å². The first-order valence-corrected chi connectivity index (χ1v) is 8.07. The molecule has 3 rings (SSSR count). The van der Waals surface area contributed by atoms with Crippen LogP contribution in [0, 0.1) is 0 Å². The highest BCUT2D eigenvalue weighted by atomic mass is 16.3. The molecule has 0 radical (unpaired) electrons. The lowest BCUT2D eigenvalue weighted by atomic mass is 10.2. The Morgan fingerprint density at radius 2 is 2.16 bits per heavy atom. The molecular weight excluding hydrogens is 320 g/mol. The lowest BCUT2D eigenvalue weighted by molar-refractivity contribution is 0.281. The molecule has 1 unspecified atom stereocenters. The predicted octanol–water partition coefficient (Wildman–Crippen LogP) is 1.74. The van der Waals surface area contributed by atoms with Gasteiger partial charge < -0.3 is 20.3 Å². The molecule has 0 fully saturated rings. The molecule has 0 saturated heterocycles. The van der Waals surface area contributed by atoms with Gasteiger partial charge in [0.2, 0.25) is 0 Å². The van der Waals surface area contributed by atoms with Gasteiger partial charge in [-0.1, -0.05) is 0 Å². The molecule has 0 amide bonds. The molecule has 130 valence electrons. The number of aromatic nitrogens is 4. The largest absolute Gasteiger partial charge is 0.394 e. The summed E-state index contributed by atoms with van der Waals surface area (Å²) in [7, 11) is 0. The number of aryl methyl sites for hydroxylation is 1. The van der Waals surface area contributed by atoms with Crippen molar-refractivity contribution in [2.45, 2.75) is 26.4 Å². The van der Waals surface area contributed by atoms with E-state index in [1.807, 2.05) is 19.9 Å². The molecule has 0 bridgehead atoms. The van der Waals surface area contributed by atoms with Gasteiger partial charge in [-0.15, -0.1) is 0 Å². The summed E-state index contributed by atoms with van der Waals surface area (Å²) >= 11 is 0. The fourth-order valence-corrected chi connectivity index (χ4v) is 2.49. The molecule has 0 aliphatic rings. The maximum Gasteiger partial charge on any atom is 0.262 e. The number of rotatable bonds is 6. The molecule has 0 aromatic carbocycles. The molecule has 0 aliphatic heterocycles. The Bertz CT molecular complexity index is 926. The van der Waals surface area contributed by atoms with Crippen molar-refractivity contribution >= 4 is 28.2 Å². The molecule has 25 heavy (non-hydrogen) atoms. The average Bonchev–Trinajstić information content (AvgIpc) is 2.62. The third-order valence-corrected chi connectivity index (χ3v) is 3.78. The fraction of sp³-hybridized carbons (Fsp3) is 0.294. The summed E-state index contributed by atoms with van der Waals surface area (Å²) in [6.07, 6.45) is 6.51. The summed E-state index contributed by atoms with van der Waals surface area (Å²) in [5.74, 6) is 1.52. The molecule has 3 aromatic heterocycles. The van der Waals surface area contributed by atoms with Gasteiger partial charge in [0.25, 0.3) is 5.56 Å². The number of anilines is 3. The standard InChI is InChI=1S/C17H20N6O2/c1-3-23-7-4-12-8-13(21-14-9-18-5-6-19-14)22-16(15(12)17(23)25)20-11(2)10-24/h4-9,11,24H,3,10H2,1-2H3,(H2,19,20,21,22). The summed E-state index contributed by atoms with van der Waals surface area (Å²) in [4.78, 5) is 25.4. The van der Waals surface area contributed by atoms with Crippen LogP contribution in [0.1, 0.15) is 13.8 Å². The Labute approximate surface area is 144 Å². The predicted molar refractivity (Wildman–Crippen MR) is 97.2 cm³/mol. The van der Waals surface area contributed by atoms with Gasteiger partial charge in [0.05, 0.1) is 18.2 Å². The van der Waals surface area contributed by atoms with Gasteiger partial charge in [-0.05, 0) is 31.4 Å². The summed E-state index contributed by atoms with van der Waals surface area (Å²) in [5.41, 5.74) is -0.119. The van der Waals surface area contributed by atoms with Crippen molar-refractivity contribution in [3.63, 3.8) is 0 Å². The van der Waals surface area contributed by atoms with Gasteiger partial charge in [0.15, 0.2) is 0 Å². The Kier molecular flexibility index (Phi) is 4.90. The molecule has 8 nitrogen and oxygen atoms in total. The summed E-state index contributed by atoms with van der Waals surface area (Å²) in [5, 5.41) is 16.8. The normalized spacial score (nSPS) is 12.1. The zero-order valence-electron chi connectivity index (χ0n) is 14.1. The van der Waals surface area contributed by atoms with Crippen LogP contribution in [-0.4, -0.2) is 37.3 Å². The van der Waals surface area contributed by atoms with Crippen LogP contribution in [0.15, 0.2) is 41.7 Å². The molecule has 3 N–H and O–H groups in total. The van der Waals surface area contributed by atoms with E-state index in [0.717, 1.165) is 5.39 Å². The van der Waals surface area contributed by atoms with E-state index in [1.165, 1.54) is 0 Å². The minimum atomic E-state index is -0.239. The maximum absolute atomic E-state index is 12.7. The molecule has 0 saturated carbocycles. The van der Waals surface area contributed by atoms with Crippen molar-refractivity contribution in [3.8, 4) is 0 Å². The Hall–Kier alpha value is -3.00. The number of nitrogens with one attached hydrogen (secondary N) is 2. The van der Waals surface area contributed by atoms with Gasteiger partial charge in [0, 0.05) is 31.2 Å². The third-order valence-electron chi connectivity index (χ3n) is 3.78. The minimum absolute atomic E-state index is 0.0697. The summed E-state index contributed by atoms with van der Waals surface area (Å²) in [6, 6.07) is 3.43. The van der Waals surface area contributed by atoms with E-state index >= 15 is 0 Å². The van der Waals surface area contributed by atoms with E-state index in [0.29, 0.717) is 29.4 Å². The van der Waals surface area contributed by atoms with Crippen molar-refractivity contribution in [1.82, 2.24) is 19.5 Å². The van der Waals surface area contributed by atoms with E-state index < -0.39 is 0 Å². The van der Waals surface area contributed by atoms with E-state index in [4.69, 9.17) is 0 Å². The van der Waals surface area contributed by atoms with Crippen LogP contribution in [0.3, 0.4) is 0 Å². The van der Waals surface area contributed by atoms with E-state index in [1.54, 1.807) is 35.4 Å². The van der Waals surface area contributed by atoms with Crippen molar-refractivity contribution in [2.75, 3.05) is 17.2 Å². The summed E-state index contributed by atoms with van der Waals surface area (Å²) < 4.78 is 1.62. The Morgan fingerprint density at radius 1 is 1.32 bits per heavy atom. The quantitative estimate of drug-likeness (QED) is 0.628. The first kappa shape index (κ1) is 16.8. The van der Waals surface area contributed by atoms with Crippen LogP contribution >= 0.6 is 0 Å². The van der Waals surface area contributed by atoms with Gasteiger partial charge in [-0.25, -0.2) is 9.97 Å². The number of hydrogen-bond acceptors (Lipinski definition) is 7. The van der Waals surface area contributed by atoms with Gasteiger partial charge in [-0.2, -0.15) is 0 Å². The van der Waals surface area contributed by atoms with Crippen molar-refractivity contribution in [3.05, 3.63) is 47.3 Å². The molecule has 0 aliphatic carbocycles. The van der Waals surface area contributed by atoms with Crippen molar-refractivity contribution < 1.29 is 5.11 Å². The number of hydrogen-bond donors (Lipinski definition) is 3. The molecule has 3 aromatic rings. The van der Waals surface area contributed by atoms with Gasteiger partial charge in [-0.3, -0.25) is 9.78 Å². The van der Waals surface area contributed by atoms with Crippen LogP contribution < -0.4 is 16.2 Å². The fourth-order valence-electron chi connectivity index (χ4n) is 2.49. The zero-order chi connectivity index (χ0) is 17.8. The summed E-state index contributed by atoms with van der Waals surface area (Å²) in [6.45, 7) is 4.23. The van der Waals surface area contributed by atoms with Gasteiger partial charge >= 0.3 is 0 Å². The maximum atomic E-state index is 12.7. The molecule has 1 atom stereocenters. The first-order chi connectivity index (χ1) is 12.1. The second kappa shape index (κ2) is 7.27. The SMILES string of the molecule is CCn1ccc2cc(Nc3cnccn3)nc(NC(C)CO)c2c1=O. The van der Waals surface area contributed by atoms with E-state index in [-0.39, 0.29) is 18.2 Å². The zero-order valence-corrected chi connectivity index (χ0v) is 14.1. The highest BCUT2D eigenvalue weighted by Crippen LogP contribution is 2.24. The van der Waals surface area contributed by atoms with Crippen LogP contribution in [0.5, 0.6) is 0 Å². The lowest BCUT2D eigenvalue weighted by Gasteiger charge is -2.16. The van der Waals surface area contributed by atoms with E-state index in [9.17, 15) is 9.90 Å². The third kappa shape index (κ3) is 3.58. The van der Waals surface area contributed by atoms with Crippen LogP contribution in [0.4, 0.5) is 17.5 Å². The average molecular weight is 340 g/mol. The van der Waals surface area contributed by atoms with Crippen molar-refractivity contribution in [2.24, 2.45) is 0 Å². The van der Waals surface area contributed by atoms with Crippen molar-refractivity contribution in [1.29, 1.82) is 0 Å². The van der Waals surface area contributed by atoms with Gasteiger partial charge in [0.1, 0.15) is 17.5 Å². The Balaban J connectivity index is 2.13. The number of pyridine rings is 2. The highest BCUT2D eigenvalue weighted by Gasteiger charge is 2.13. The molecule has 3 heterocycles. The number of aliphatic hydroxyl groups is 1. The highest BCUT2D eigenvalue weighted by molar-refractivity contribution is 5.93. The second-order valence-electron chi connectivity index (χ2n) is 5.67. The molecule has 8 heteroatoms. The monoisotopic (exact) mass is 340 g/mol. The number of aliphatic hydroxyl groups excluding tert-OH is 1. The second-order valence-corrected chi connectivity index (χ2v) is 5.67. The van der Waals surface area contributed by atoms with Crippen LogP contribution in [-0.2, 0) is 6.54 Å². The number of nitrogens with zero attached hydrogens (tertiary/aromatic N) is 4. The Morgan fingerprint density at radius 3 is 2.84 bits per heavy atom. The van der Waals surface area contributed by atoms with Crippen LogP contribution in [0.2, 0.25) is 0 Å². The minimum Gasteiger partial charge on any atom is -0.394 e.